The van der Waals surface area contributed by atoms with E-state index in [4.69, 9.17) is 11.6 Å². The Kier molecular flexibility index (Phi) is 4.14. The van der Waals surface area contributed by atoms with Crippen LogP contribution in [-0.2, 0) is 6.54 Å². The van der Waals surface area contributed by atoms with Gasteiger partial charge in [0.25, 0.3) is 5.95 Å². The molecule has 0 aliphatic heterocycles. The quantitative estimate of drug-likeness (QED) is 0.423. The number of aromatic hydroxyl groups is 1. The second-order valence-electron chi connectivity index (χ2n) is 5.62. The van der Waals surface area contributed by atoms with Crippen LogP contribution in [0.4, 0.5) is 5.95 Å². The molecule has 4 rings (SSSR count). The van der Waals surface area contributed by atoms with Crippen LogP contribution in [0, 0.1) is 0 Å². The number of fused-ring (bicyclic) bond motifs is 3. The SMILES string of the molecule is CCn1c2ccccc2c2nnc(NN=Cc3cccc(Cl)c3O)nc21. The second-order valence-corrected chi connectivity index (χ2v) is 6.02. The molecule has 0 amide bonds. The van der Waals surface area contributed by atoms with Crippen molar-refractivity contribution in [3.8, 4) is 5.75 Å². The second kappa shape index (κ2) is 6.61. The van der Waals surface area contributed by atoms with Crippen molar-refractivity contribution in [2.75, 3.05) is 5.43 Å². The highest BCUT2D eigenvalue weighted by atomic mass is 35.5. The number of para-hydroxylation sites is 2. The van der Waals surface area contributed by atoms with Gasteiger partial charge in [-0.25, -0.2) is 5.43 Å². The molecule has 0 aliphatic rings. The molecule has 26 heavy (non-hydrogen) atoms. The zero-order valence-corrected chi connectivity index (χ0v) is 14.6. The Balaban J connectivity index is 1.68. The van der Waals surface area contributed by atoms with Gasteiger partial charge in [-0.3, -0.25) is 0 Å². The smallest absolute Gasteiger partial charge is 0.265 e. The highest BCUT2D eigenvalue weighted by Gasteiger charge is 2.13. The van der Waals surface area contributed by atoms with Gasteiger partial charge in [0, 0.05) is 17.5 Å². The summed E-state index contributed by atoms with van der Waals surface area (Å²) in [5.41, 5.74) is 5.80. The normalized spacial score (nSPS) is 11.6. The number of halogens is 1. The van der Waals surface area contributed by atoms with Crippen LogP contribution in [0.2, 0.25) is 5.02 Å². The number of nitrogens with one attached hydrogen (secondary N) is 1. The average Bonchev–Trinajstić information content (AvgIpc) is 2.98. The van der Waals surface area contributed by atoms with E-state index >= 15 is 0 Å². The molecule has 2 heterocycles. The lowest BCUT2D eigenvalue weighted by atomic mass is 10.2. The van der Waals surface area contributed by atoms with E-state index in [9.17, 15) is 5.11 Å². The Labute approximate surface area is 154 Å². The van der Waals surface area contributed by atoms with Gasteiger partial charge < -0.3 is 9.67 Å². The monoisotopic (exact) mass is 366 g/mol. The first-order valence-corrected chi connectivity index (χ1v) is 8.45. The third kappa shape index (κ3) is 2.72. The summed E-state index contributed by atoms with van der Waals surface area (Å²) in [6.07, 6.45) is 1.45. The van der Waals surface area contributed by atoms with Crippen molar-refractivity contribution >= 4 is 45.8 Å². The van der Waals surface area contributed by atoms with Crippen molar-refractivity contribution in [1.82, 2.24) is 19.7 Å². The van der Waals surface area contributed by atoms with Crippen molar-refractivity contribution in [2.24, 2.45) is 5.10 Å². The lowest BCUT2D eigenvalue weighted by Gasteiger charge is -2.03. The summed E-state index contributed by atoms with van der Waals surface area (Å²) in [6.45, 7) is 2.82. The first-order valence-electron chi connectivity index (χ1n) is 8.07. The fourth-order valence-corrected chi connectivity index (χ4v) is 3.05. The summed E-state index contributed by atoms with van der Waals surface area (Å²) in [5, 5.41) is 23.6. The van der Waals surface area contributed by atoms with E-state index in [2.05, 4.69) is 37.2 Å². The number of hydrogen-bond donors (Lipinski definition) is 2. The predicted octanol–water partition coefficient (Wildman–Crippen LogP) is 3.80. The number of rotatable bonds is 4. The minimum atomic E-state index is -0.0275. The molecule has 2 aromatic carbocycles. The molecule has 2 aromatic heterocycles. The molecule has 8 heteroatoms. The van der Waals surface area contributed by atoms with Gasteiger partial charge in [-0.15, -0.1) is 10.2 Å². The molecule has 0 fully saturated rings. The van der Waals surface area contributed by atoms with E-state index in [0.29, 0.717) is 5.56 Å². The third-order valence-electron chi connectivity index (χ3n) is 4.08. The molecule has 2 N–H and O–H groups in total. The van der Waals surface area contributed by atoms with Crippen molar-refractivity contribution in [3.63, 3.8) is 0 Å². The van der Waals surface area contributed by atoms with E-state index in [-0.39, 0.29) is 16.7 Å². The van der Waals surface area contributed by atoms with Crippen molar-refractivity contribution in [1.29, 1.82) is 0 Å². The number of phenolic OH excluding ortho intramolecular Hbond substituents is 1. The first kappa shape index (κ1) is 16.3. The van der Waals surface area contributed by atoms with Gasteiger partial charge >= 0.3 is 0 Å². The van der Waals surface area contributed by atoms with E-state index < -0.39 is 0 Å². The molecular formula is C18H15ClN6O. The van der Waals surface area contributed by atoms with E-state index in [0.717, 1.165) is 28.6 Å². The molecule has 0 bridgehead atoms. The number of hydrogen-bond acceptors (Lipinski definition) is 6. The summed E-state index contributed by atoms with van der Waals surface area (Å²) in [6, 6.07) is 13.0. The Morgan fingerprint density at radius 2 is 2.04 bits per heavy atom. The van der Waals surface area contributed by atoms with Crippen LogP contribution in [0.5, 0.6) is 5.75 Å². The lowest BCUT2D eigenvalue weighted by Crippen LogP contribution is -2.02. The number of benzene rings is 2. The molecular weight excluding hydrogens is 352 g/mol. The van der Waals surface area contributed by atoms with Crippen LogP contribution in [-0.4, -0.2) is 31.1 Å². The molecule has 0 aliphatic carbocycles. The summed E-state index contributed by atoms with van der Waals surface area (Å²) >= 11 is 5.88. The summed E-state index contributed by atoms with van der Waals surface area (Å²) in [4.78, 5) is 4.53. The summed E-state index contributed by atoms with van der Waals surface area (Å²) in [7, 11) is 0. The van der Waals surface area contributed by atoms with E-state index in [1.54, 1.807) is 18.2 Å². The Hall–Kier alpha value is -3.19. The third-order valence-corrected chi connectivity index (χ3v) is 4.38. The van der Waals surface area contributed by atoms with Crippen LogP contribution in [0.15, 0.2) is 47.6 Å². The summed E-state index contributed by atoms with van der Waals surface area (Å²) < 4.78 is 2.08. The minimum Gasteiger partial charge on any atom is -0.506 e. The Morgan fingerprint density at radius 3 is 2.88 bits per heavy atom. The van der Waals surface area contributed by atoms with Crippen LogP contribution in [0.3, 0.4) is 0 Å². The number of hydrazone groups is 1. The minimum absolute atomic E-state index is 0.0275. The van der Waals surface area contributed by atoms with Gasteiger partial charge in [-0.05, 0) is 25.1 Å². The maximum absolute atomic E-state index is 9.89. The van der Waals surface area contributed by atoms with Crippen LogP contribution >= 0.6 is 11.6 Å². The number of anilines is 1. The molecule has 0 saturated carbocycles. The summed E-state index contributed by atoms with van der Waals surface area (Å²) in [5.74, 6) is 0.244. The molecule has 0 spiro atoms. The molecule has 130 valence electrons. The zero-order chi connectivity index (χ0) is 18.1. The maximum atomic E-state index is 9.89. The highest BCUT2D eigenvalue weighted by molar-refractivity contribution is 6.32. The standard InChI is InChI=1S/C18H15ClN6O/c1-2-25-14-9-4-3-7-12(14)15-17(25)21-18(24-22-15)23-20-10-11-6-5-8-13(19)16(11)26/h3-10,26H,2H2,1H3,(H,21,23,24). The van der Waals surface area contributed by atoms with Gasteiger partial charge in [0.1, 0.15) is 11.3 Å². The van der Waals surface area contributed by atoms with Crippen LogP contribution < -0.4 is 5.43 Å². The maximum Gasteiger partial charge on any atom is 0.265 e. The van der Waals surface area contributed by atoms with E-state index in [1.807, 2.05) is 24.3 Å². The molecule has 0 saturated heterocycles. The molecule has 7 nitrogen and oxygen atoms in total. The largest absolute Gasteiger partial charge is 0.506 e. The first-order chi connectivity index (χ1) is 12.7. The molecule has 0 unspecified atom stereocenters. The number of aryl methyl sites for hydroxylation is 1. The average molecular weight is 367 g/mol. The van der Waals surface area contributed by atoms with E-state index in [1.165, 1.54) is 6.21 Å². The van der Waals surface area contributed by atoms with Gasteiger partial charge in [0.15, 0.2) is 5.65 Å². The zero-order valence-electron chi connectivity index (χ0n) is 13.9. The Morgan fingerprint density at radius 1 is 1.19 bits per heavy atom. The molecule has 0 radical (unpaired) electrons. The number of aromatic nitrogens is 4. The Bertz CT molecular complexity index is 1140. The van der Waals surface area contributed by atoms with Gasteiger partial charge in [-0.1, -0.05) is 35.9 Å². The highest BCUT2D eigenvalue weighted by Crippen LogP contribution is 2.27. The topological polar surface area (TPSA) is 88.2 Å². The van der Waals surface area contributed by atoms with Gasteiger partial charge in [-0.2, -0.15) is 10.1 Å². The van der Waals surface area contributed by atoms with Crippen LogP contribution in [0.25, 0.3) is 22.1 Å². The predicted molar refractivity (Wildman–Crippen MR) is 103 cm³/mol. The molecule has 4 aromatic rings. The fourth-order valence-electron chi connectivity index (χ4n) is 2.87. The van der Waals surface area contributed by atoms with Crippen molar-refractivity contribution in [3.05, 3.63) is 53.1 Å². The van der Waals surface area contributed by atoms with Crippen LogP contribution in [0.1, 0.15) is 12.5 Å². The van der Waals surface area contributed by atoms with Crippen molar-refractivity contribution in [2.45, 2.75) is 13.5 Å². The lowest BCUT2D eigenvalue weighted by molar-refractivity contribution is 0.475. The van der Waals surface area contributed by atoms with Crippen molar-refractivity contribution < 1.29 is 5.11 Å². The van der Waals surface area contributed by atoms with Gasteiger partial charge in [0.05, 0.1) is 16.8 Å². The van der Waals surface area contributed by atoms with Gasteiger partial charge in [0.2, 0.25) is 0 Å². The fraction of sp³-hybridized carbons (Fsp3) is 0.111. The number of phenols is 1. The molecule has 0 atom stereocenters. The number of nitrogens with zero attached hydrogens (tertiary/aromatic N) is 5.